The summed E-state index contributed by atoms with van der Waals surface area (Å²) < 4.78 is 0. The van der Waals surface area contributed by atoms with Crippen LogP contribution in [0.2, 0.25) is 0 Å². The van der Waals surface area contributed by atoms with Crippen molar-refractivity contribution < 1.29 is 50.6 Å². The molecule has 0 fully saturated rings. The Hall–Kier alpha value is 2.55. The molecule has 5 heteroatoms. The fraction of sp³-hybridized carbons (Fsp3) is 0. The maximum absolute atomic E-state index is 0. The van der Waals surface area contributed by atoms with E-state index in [0.717, 1.165) is 0 Å². The Bertz CT molecular complexity index is 11.6. The van der Waals surface area contributed by atoms with E-state index in [4.69, 9.17) is 0 Å². The second-order valence-electron chi connectivity index (χ2n) is 0. The first-order valence-corrected chi connectivity index (χ1v) is 0. The van der Waals surface area contributed by atoms with E-state index in [-0.39, 0.29) is 85.5 Å². The first kappa shape index (κ1) is 49.8. The molecule has 0 bridgehead atoms. The van der Waals surface area contributed by atoms with Gasteiger partial charge in [-0.05, 0) is 0 Å². The van der Waals surface area contributed by atoms with E-state index >= 15 is 0 Å². The van der Waals surface area contributed by atoms with Crippen molar-refractivity contribution in [2.75, 3.05) is 0 Å². The van der Waals surface area contributed by atoms with Crippen LogP contribution in [0, 0.1) is 0 Å². The van der Waals surface area contributed by atoms with Crippen LogP contribution in [0.5, 0.6) is 0 Å². The van der Waals surface area contributed by atoms with Crippen LogP contribution >= 0.6 is 0 Å². The van der Waals surface area contributed by atoms with Crippen LogP contribution in [0.4, 0.5) is 0 Å². The summed E-state index contributed by atoms with van der Waals surface area (Å²) in [7, 11) is 0. The Balaban J connectivity index is 0. The summed E-state index contributed by atoms with van der Waals surface area (Å²) in [6, 6.07) is 0. The minimum absolute atomic E-state index is 0. The molecule has 0 heterocycles. The zero-order chi connectivity index (χ0) is 0. The monoisotopic (exact) mass is 324 g/mol. The van der Waals surface area contributed by atoms with Crippen molar-refractivity contribution in [3.05, 3.63) is 0 Å². The molecule has 0 rings (SSSR count). The van der Waals surface area contributed by atoms with Gasteiger partial charge in [-0.15, -0.1) is 0 Å². The van der Waals surface area contributed by atoms with Gasteiger partial charge in [0.25, 0.3) is 0 Å². The molecule has 0 aliphatic rings. The molecule has 0 N–H and O–H groups in total. The third kappa shape index (κ3) is 20.9. The molecule has 36 valence electrons. The Morgan fingerprint density at radius 2 is 1.00 bits per heavy atom. The fourth-order valence-electron chi connectivity index (χ4n) is 0. The summed E-state index contributed by atoms with van der Waals surface area (Å²) in [5.41, 5.74) is 0. The first-order chi connectivity index (χ1) is 0. The molecule has 0 spiro atoms. The molecule has 0 aromatic heterocycles. The van der Waals surface area contributed by atoms with Gasteiger partial charge >= 0.3 is 0 Å². The van der Waals surface area contributed by atoms with Crippen molar-refractivity contribution in [2.45, 2.75) is 0 Å². The number of rotatable bonds is 0. The van der Waals surface area contributed by atoms with E-state index in [9.17, 15) is 0 Å². The SMILES string of the molecule is [Cu].[Mn].[Ni].[Si].[Sn]. The van der Waals surface area contributed by atoms with Gasteiger partial charge in [0.05, 0.1) is 0 Å². The predicted octanol–water partition coefficient (Wildman–Crippen LogP) is -0.769. The third-order valence-corrected chi connectivity index (χ3v) is 0. The van der Waals surface area contributed by atoms with Crippen LogP contribution < -0.4 is 0 Å². The van der Waals surface area contributed by atoms with E-state index in [0.29, 0.717) is 0 Å². The second-order valence-corrected chi connectivity index (χ2v) is 0. The van der Waals surface area contributed by atoms with Crippen molar-refractivity contribution in [1.82, 2.24) is 0 Å². The Morgan fingerprint density at radius 3 is 1.00 bits per heavy atom. The average molecular weight is 324 g/mol. The quantitative estimate of drug-likeness (QED) is 0.514. The van der Waals surface area contributed by atoms with Gasteiger partial charge < -0.3 is 0 Å². The molecule has 0 nitrogen and oxygen atoms in total. The smallest absolute Gasteiger partial charge is 0 e. The molecule has 0 atom stereocenters. The topological polar surface area (TPSA) is 0 Å². The van der Waals surface area contributed by atoms with Crippen LogP contribution in [0.25, 0.3) is 0 Å². The van der Waals surface area contributed by atoms with Crippen LogP contribution in [0.3, 0.4) is 0 Å². The molecular weight excluding hydrogens is 324 g/mol. The summed E-state index contributed by atoms with van der Waals surface area (Å²) in [5, 5.41) is 0. The molecule has 0 saturated carbocycles. The molecular formula is CuMnNiSiSn. The fourth-order valence-corrected chi connectivity index (χ4v) is 0. The van der Waals surface area contributed by atoms with E-state index in [2.05, 4.69) is 0 Å². The van der Waals surface area contributed by atoms with Crippen molar-refractivity contribution in [2.24, 2.45) is 0 Å². The van der Waals surface area contributed by atoms with Crippen LogP contribution in [0.1, 0.15) is 0 Å². The molecule has 0 amide bonds. The van der Waals surface area contributed by atoms with Crippen molar-refractivity contribution >= 4 is 34.9 Å². The standard InChI is InChI=1S/Cu.Mn.Ni.Si.Sn. The number of hydrogen-bond acceptors (Lipinski definition) is 0. The average Bonchev–Trinajstić information content (AvgIpc) is 0. The van der Waals surface area contributed by atoms with Crippen LogP contribution in [-0.4, -0.2) is 34.9 Å². The van der Waals surface area contributed by atoms with Gasteiger partial charge in [-0.2, -0.15) is 0 Å². The summed E-state index contributed by atoms with van der Waals surface area (Å²) >= 11 is 0. The largest absolute Gasteiger partial charge is 0 e. The van der Waals surface area contributed by atoms with E-state index in [1.165, 1.54) is 0 Å². The number of hydrogen-bond donors (Lipinski definition) is 0. The second kappa shape index (κ2) is 31.0. The minimum atomic E-state index is 0. The summed E-state index contributed by atoms with van der Waals surface area (Å²) in [4.78, 5) is 0. The first-order valence-electron chi connectivity index (χ1n) is 0. The van der Waals surface area contributed by atoms with E-state index < -0.39 is 0 Å². The predicted molar refractivity (Wildman–Crippen MR) is 11.5 cm³/mol. The molecule has 5 heavy (non-hydrogen) atoms. The molecule has 0 saturated heterocycles. The van der Waals surface area contributed by atoms with E-state index in [1.54, 1.807) is 0 Å². The summed E-state index contributed by atoms with van der Waals surface area (Å²) in [6.07, 6.45) is 0. The van der Waals surface area contributed by atoms with Gasteiger partial charge in [0.1, 0.15) is 0 Å². The van der Waals surface area contributed by atoms with Crippen molar-refractivity contribution in [3.63, 3.8) is 0 Å². The maximum atomic E-state index is 0. The van der Waals surface area contributed by atoms with Crippen LogP contribution in [-0.2, 0) is 50.6 Å². The van der Waals surface area contributed by atoms with Gasteiger partial charge in [-0.1, -0.05) is 0 Å². The van der Waals surface area contributed by atoms with Gasteiger partial charge in [-0.3, -0.25) is 0 Å². The van der Waals surface area contributed by atoms with Crippen molar-refractivity contribution in [3.8, 4) is 0 Å². The van der Waals surface area contributed by atoms with Crippen molar-refractivity contribution in [1.29, 1.82) is 0 Å². The zero-order valence-corrected chi connectivity index (χ0v) is 8.96. The minimum Gasteiger partial charge on any atom is 0 e. The molecule has 0 aromatic carbocycles. The summed E-state index contributed by atoms with van der Waals surface area (Å²) in [5.74, 6) is 0. The molecule has 10 radical (unpaired) electrons. The Morgan fingerprint density at radius 1 is 1.00 bits per heavy atom. The molecule has 0 unspecified atom stereocenters. The van der Waals surface area contributed by atoms with Gasteiger partial charge in [0.15, 0.2) is 0 Å². The van der Waals surface area contributed by atoms with E-state index in [1.807, 2.05) is 0 Å². The Labute approximate surface area is 84.5 Å². The third-order valence-electron chi connectivity index (χ3n) is 0. The summed E-state index contributed by atoms with van der Waals surface area (Å²) in [6.45, 7) is 0. The zero-order valence-electron chi connectivity index (χ0n) is 2.00. The van der Waals surface area contributed by atoms with Crippen LogP contribution in [0.15, 0.2) is 0 Å². The maximum Gasteiger partial charge on any atom is 0 e. The van der Waals surface area contributed by atoms with Gasteiger partial charge in [0, 0.05) is 85.5 Å². The molecule has 0 aliphatic heterocycles. The van der Waals surface area contributed by atoms with Gasteiger partial charge in [0.2, 0.25) is 0 Å². The van der Waals surface area contributed by atoms with Gasteiger partial charge in [-0.25, -0.2) is 0 Å². The normalized spacial score (nSPS) is 0. The molecule has 0 aliphatic carbocycles. The Kier molecular flexibility index (Phi) is 309. The molecule has 0 aromatic rings.